The highest BCUT2D eigenvalue weighted by atomic mass is 16.2. The smallest absolute Gasteiger partial charge is 0.237 e. The Kier molecular flexibility index (Phi) is 4.30. The van der Waals surface area contributed by atoms with Crippen LogP contribution < -0.4 is 11.1 Å². The van der Waals surface area contributed by atoms with Gasteiger partial charge in [0.2, 0.25) is 5.91 Å². The summed E-state index contributed by atoms with van der Waals surface area (Å²) in [6.07, 6.45) is 3.34. The van der Waals surface area contributed by atoms with E-state index >= 15 is 0 Å². The van der Waals surface area contributed by atoms with Crippen molar-refractivity contribution < 1.29 is 4.79 Å². The van der Waals surface area contributed by atoms with Gasteiger partial charge in [0, 0.05) is 13.2 Å². The standard InChI is InChI=1S/C10H18N4O/c1-3-4-9(11)10(15)12-7-8-5-6-13-14(8)2/h5-6,9H,3-4,7,11H2,1-2H3,(H,12,15). The Labute approximate surface area is 89.6 Å². The molecule has 1 aromatic heterocycles. The van der Waals surface area contributed by atoms with Crippen LogP contribution in [0.2, 0.25) is 0 Å². The molecular weight excluding hydrogens is 192 g/mol. The van der Waals surface area contributed by atoms with Gasteiger partial charge in [-0.3, -0.25) is 9.48 Å². The summed E-state index contributed by atoms with van der Waals surface area (Å²) in [7, 11) is 1.84. The number of amides is 1. The third kappa shape index (κ3) is 3.36. The highest BCUT2D eigenvalue weighted by Crippen LogP contribution is 1.97. The lowest BCUT2D eigenvalue weighted by Crippen LogP contribution is -2.40. The van der Waals surface area contributed by atoms with E-state index in [0.717, 1.165) is 18.5 Å². The summed E-state index contributed by atoms with van der Waals surface area (Å²) in [6, 6.07) is 1.47. The molecular formula is C10H18N4O. The Morgan fingerprint density at radius 3 is 3.00 bits per heavy atom. The van der Waals surface area contributed by atoms with Gasteiger partial charge in [-0.2, -0.15) is 5.10 Å². The van der Waals surface area contributed by atoms with Gasteiger partial charge in [0.1, 0.15) is 0 Å². The maximum absolute atomic E-state index is 11.5. The molecule has 0 aromatic carbocycles. The van der Waals surface area contributed by atoms with Crippen LogP contribution in [0.4, 0.5) is 0 Å². The van der Waals surface area contributed by atoms with Crippen LogP contribution in [0.3, 0.4) is 0 Å². The van der Waals surface area contributed by atoms with Crippen LogP contribution in [0.1, 0.15) is 25.5 Å². The lowest BCUT2D eigenvalue weighted by atomic mass is 10.2. The molecule has 1 aromatic rings. The number of nitrogens with zero attached hydrogens (tertiary/aromatic N) is 2. The quantitative estimate of drug-likeness (QED) is 0.727. The first-order chi connectivity index (χ1) is 7.15. The van der Waals surface area contributed by atoms with Crippen molar-refractivity contribution in [1.29, 1.82) is 0 Å². The lowest BCUT2D eigenvalue weighted by molar-refractivity contribution is -0.122. The first-order valence-corrected chi connectivity index (χ1v) is 5.15. The molecule has 84 valence electrons. The normalized spacial score (nSPS) is 12.5. The number of hydrogen-bond acceptors (Lipinski definition) is 3. The minimum atomic E-state index is -0.400. The fourth-order valence-corrected chi connectivity index (χ4v) is 1.33. The van der Waals surface area contributed by atoms with Crippen molar-refractivity contribution in [3.05, 3.63) is 18.0 Å². The van der Waals surface area contributed by atoms with E-state index in [4.69, 9.17) is 5.73 Å². The second kappa shape index (κ2) is 5.50. The van der Waals surface area contributed by atoms with Gasteiger partial charge in [-0.05, 0) is 12.5 Å². The van der Waals surface area contributed by atoms with Crippen molar-refractivity contribution in [2.24, 2.45) is 12.8 Å². The molecule has 1 heterocycles. The molecule has 1 rings (SSSR count). The van der Waals surface area contributed by atoms with Crippen LogP contribution >= 0.6 is 0 Å². The fraction of sp³-hybridized carbons (Fsp3) is 0.600. The van der Waals surface area contributed by atoms with E-state index in [1.165, 1.54) is 0 Å². The average molecular weight is 210 g/mol. The second-order valence-corrected chi connectivity index (χ2v) is 3.56. The molecule has 0 saturated carbocycles. The SMILES string of the molecule is CCCC(N)C(=O)NCc1ccnn1C. The zero-order valence-corrected chi connectivity index (χ0v) is 9.23. The Hall–Kier alpha value is -1.36. The van der Waals surface area contributed by atoms with Gasteiger partial charge in [0.05, 0.1) is 18.3 Å². The topological polar surface area (TPSA) is 72.9 Å². The van der Waals surface area contributed by atoms with Crippen molar-refractivity contribution in [3.63, 3.8) is 0 Å². The van der Waals surface area contributed by atoms with Crippen LogP contribution in [0, 0.1) is 0 Å². The van der Waals surface area contributed by atoms with Crippen molar-refractivity contribution in [1.82, 2.24) is 15.1 Å². The third-order valence-corrected chi connectivity index (χ3v) is 2.30. The monoisotopic (exact) mass is 210 g/mol. The van der Waals surface area contributed by atoms with Gasteiger partial charge in [-0.15, -0.1) is 0 Å². The molecule has 1 unspecified atom stereocenters. The molecule has 0 aliphatic carbocycles. The van der Waals surface area contributed by atoms with E-state index in [1.54, 1.807) is 10.9 Å². The van der Waals surface area contributed by atoms with Crippen molar-refractivity contribution in [2.45, 2.75) is 32.4 Å². The van der Waals surface area contributed by atoms with E-state index in [9.17, 15) is 4.79 Å². The summed E-state index contributed by atoms with van der Waals surface area (Å²) in [6.45, 7) is 2.49. The van der Waals surface area contributed by atoms with Crippen LogP contribution in [-0.4, -0.2) is 21.7 Å². The molecule has 3 N–H and O–H groups in total. The number of nitrogens with two attached hydrogens (primary N) is 1. The number of aromatic nitrogens is 2. The molecule has 0 aliphatic heterocycles. The average Bonchev–Trinajstić information content (AvgIpc) is 2.61. The molecule has 0 fully saturated rings. The third-order valence-electron chi connectivity index (χ3n) is 2.30. The molecule has 0 aliphatic rings. The second-order valence-electron chi connectivity index (χ2n) is 3.56. The predicted octanol–water partition coefficient (Wildman–Crippen LogP) is 0.164. The highest BCUT2D eigenvalue weighted by Gasteiger charge is 2.11. The molecule has 0 spiro atoms. The van der Waals surface area contributed by atoms with Crippen LogP contribution in [0.25, 0.3) is 0 Å². The molecule has 0 radical (unpaired) electrons. The summed E-state index contributed by atoms with van der Waals surface area (Å²) in [4.78, 5) is 11.5. The minimum Gasteiger partial charge on any atom is -0.349 e. The number of rotatable bonds is 5. The number of carbonyl (C=O) groups excluding carboxylic acids is 1. The van der Waals surface area contributed by atoms with E-state index in [0.29, 0.717) is 6.54 Å². The number of carbonyl (C=O) groups is 1. The van der Waals surface area contributed by atoms with E-state index in [1.807, 2.05) is 20.0 Å². The predicted molar refractivity (Wildman–Crippen MR) is 57.9 cm³/mol. The molecule has 1 amide bonds. The van der Waals surface area contributed by atoms with Crippen molar-refractivity contribution >= 4 is 5.91 Å². The summed E-state index contributed by atoms with van der Waals surface area (Å²) in [5.41, 5.74) is 6.64. The molecule has 0 saturated heterocycles. The Morgan fingerprint density at radius 1 is 1.73 bits per heavy atom. The van der Waals surface area contributed by atoms with Gasteiger partial charge in [0.15, 0.2) is 0 Å². The van der Waals surface area contributed by atoms with Gasteiger partial charge in [-0.1, -0.05) is 13.3 Å². The molecule has 1 atom stereocenters. The van der Waals surface area contributed by atoms with Crippen LogP contribution in [-0.2, 0) is 18.4 Å². The molecule has 5 nitrogen and oxygen atoms in total. The fourth-order valence-electron chi connectivity index (χ4n) is 1.33. The molecule has 15 heavy (non-hydrogen) atoms. The van der Waals surface area contributed by atoms with Gasteiger partial charge in [-0.25, -0.2) is 0 Å². The lowest BCUT2D eigenvalue weighted by Gasteiger charge is -2.10. The largest absolute Gasteiger partial charge is 0.349 e. The van der Waals surface area contributed by atoms with Gasteiger partial charge >= 0.3 is 0 Å². The zero-order valence-electron chi connectivity index (χ0n) is 9.23. The minimum absolute atomic E-state index is 0.0990. The first kappa shape index (κ1) is 11.7. The van der Waals surface area contributed by atoms with E-state index in [2.05, 4.69) is 10.4 Å². The molecule has 0 bridgehead atoms. The van der Waals surface area contributed by atoms with E-state index in [-0.39, 0.29) is 5.91 Å². The maximum atomic E-state index is 11.5. The number of nitrogens with one attached hydrogen (secondary N) is 1. The van der Waals surface area contributed by atoms with Crippen molar-refractivity contribution in [2.75, 3.05) is 0 Å². The Bertz CT molecular complexity index is 321. The molecule has 5 heteroatoms. The summed E-state index contributed by atoms with van der Waals surface area (Å²) in [5.74, 6) is -0.0990. The Morgan fingerprint density at radius 2 is 2.47 bits per heavy atom. The zero-order chi connectivity index (χ0) is 11.3. The highest BCUT2D eigenvalue weighted by molar-refractivity contribution is 5.81. The maximum Gasteiger partial charge on any atom is 0.237 e. The van der Waals surface area contributed by atoms with Gasteiger partial charge < -0.3 is 11.1 Å². The van der Waals surface area contributed by atoms with Crippen LogP contribution in [0.15, 0.2) is 12.3 Å². The Balaban J connectivity index is 2.37. The summed E-state index contributed by atoms with van der Waals surface area (Å²) in [5, 5.41) is 6.80. The van der Waals surface area contributed by atoms with E-state index < -0.39 is 6.04 Å². The number of aryl methyl sites for hydroxylation is 1. The first-order valence-electron chi connectivity index (χ1n) is 5.15. The summed E-state index contributed by atoms with van der Waals surface area (Å²) < 4.78 is 1.73. The van der Waals surface area contributed by atoms with Crippen molar-refractivity contribution in [3.8, 4) is 0 Å². The van der Waals surface area contributed by atoms with Crippen LogP contribution in [0.5, 0.6) is 0 Å². The summed E-state index contributed by atoms with van der Waals surface area (Å²) >= 11 is 0. The van der Waals surface area contributed by atoms with Gasteiger partial charge in [0.25, 0.3) is 0 Å². The number of hydrogen-bond donors (Lipinski definition) is 2.